The second kappa shape index (κ2) is 6.53. The van der Waals surface area contributed by atoms with Gasteiger partial charge in [-0.05, 0) is 38.5 Å². The van der Waals surface area contributed by atoms with E-state index in [0.29, 0.717) is 12.7 Å². The fraction of sp³-hybridized carbons (Fsp3) is 0.929. The van der Waals surface area contributed by atoms with Crippen LogP contribution >= 0.6 is 0 Å². The van der Waals surface area contributed by atoms with Crippen molar-refractivity contribution in [2.75, 3.05) is 26.9 Å². The molecule has 2 aliphatic rings. The van der Waals surface area contributed by atoms with E-state index in [1.807, 2.05) is 0 Å². The van der Waals surface area contributed by atoms with Crippen LogP contribution in [0.4, 0.5) is 0 Å². The van der Waals surface area contributed by atoms with Crippen LogP contribution in [0.25, 0.3) is 0 Å². The smallest absolute Gasteiger partial charge is 0.226 e. The van der Waals surface area contributed by atoms with Crippen molar-refractivity contribution in [3.05, 3.63) is 0 Å². The predicted molar refractivity (Wildman–Crippen MR) is 69.4 cm³/mol. The number of nitrogens with one attached hydrogen (secondary N) is 1. The highest BCUT2D eigenvalue weighted by Gasteiger charge is 2.43. The van der Waals surface area contributed by atoms with Crippen LogP contribution in [-0.4, -0.2) is 38.9 Å². The zero-order valence-corrected chi connectivity index (χ0v) is 11.4. The molecule has 2 rings (SSSR count). The predicted octanol–water partition coefficient (Wildman–Crippen LogP) is 1.88. The molecule has 1 N–H and O–H groups in total. The second-order valence-corrected chi connectivity index (χ2v) is 5.56. The molecule has 2 fully saturated rings. The highest BCUT2D eigenvalue weighted by molar-refractivity contribution is 5.83. The minimum Gasteiger partial charge on any atom is -0.385 e. The Morgan fingerprint density at radius 3 is 2.83 bits per heavy atom. The maximum atomic E-state index is 12.2. The van der Waals surface area contributed by atoms with Crippen molar-refractivity contribution in [1.82, 2.24) is 5.32 Å². The van der Waals surface area contributed by atoms with Crippen molar-refractivity contribution >= 4 is 5.91 Å². The summed E-state index contributed by atoms with van der Waals surface area (Å²) in [6.45, 7) is 2.31. The average molecular weight is 255 g/mol. The van der Waals surface area contributed by atoms with Crippen LogP contribution in [0.1, 0.15) is 44.9 Å². The molecule has 1 unspecified atom stereocenters. The number of hydrogen-bond donors (Lipinski definition) is 1. The number of amides is 1. The topological polar surface area (TPSA) is 47.6 Å². The van der Waals surface area contributed by atoms with Crippen molar-refractivity contribution in [1.29, 1.82) is 0 Å². The van der Waals surface area contributed by atoms with E-state index < -0.39 is 0 Å². The zero-order chi connectivity index (χ0) is 12.8. The van der Waals surface area contributed by atoms with E-state index in [9.17, 15) is 4.79 Å². The highest BCUT2D eigenvalue weighted by Crippen LogP contribution is 2.44. The van der Waals surface area contributed by atoms with Crippen LogP contribution in [0.3, 0.4) is 0 Å². The Labute approximate surface area is 109 Å². The van der Waals surface area contributed by atoms with E-state index in [2.05, 4.69) is 5.32 Å². The van der Waals surface area contributed by atoms with Gasteiger partial charge < -0.3 is 14.8 Å². The third kappa shape index (κ3) is 3.23. The quantitative estimate of drug-likeness (QED) is 0.755. The summed E-state index contributed by atoms with van der Waals surface area (Å²) >= 11 is 0. The first-order chi connectivity index (χ1) is 8.77. The van der Waals surface area contributed by atoms with Crippen molar-refractivity contribution in [2.45, 2.75) is 51.0 Å². The van der Waals surface area contributed by atoms with Gasteiger partial charge >= 0.3 is 0 Å². The van der Waals surface area contributed by atoms with Crippen LogP contribution in [0, 0.1) is 5.41 Å². The Morgan fingerprint density at radius 2 is 2.28 bits per heavy atom. The number of hydrogen-bond acceptors (Lipinski definition) is 3. The van der Waals surface area contributed by atoms with E-state index in [0.717, 1.165) is 51.7 Å². The molecule has 1 amide bonds. The molecule has 1 heterocycles. The third-order valence-electron chi connectivity index (χ3n) is 4.35. The van der Waals surface area contributed by atoms with E-state index in [4.69, 9.17) is 9.47 Å². The fourth-order valence-corrected chi connectivity index (χ4v) is 2.90. The summed E-state index contributed by atoms with van der Waals surface area (Å²) in [5.74, 6) is 0.226. The lowest BCUT2D eigenvalue weighted by Crippen LogP contribution is -2.46. The maximum Gasteiger partial charge on any atom is 0.226 e. The summed E-state index contributed by atoms with van der Waals surface area (Å²) in [5.41, 5.74) is -0.132. The van der Waals surface area contributed by atoms with Crippen molar-refractivity contribution < 1.29 is 14.3 Å². The summed E-state index contributed by atoms with van der Waals surface area (Å²) in [6, 6.07) is 0. The van der Waals surface area contributed by atoms with Crippen molar-refractivity contribution in [3.63, 3.8) is 0 Å². The SMILES string of the molecule is COCCC1(C(=O)NCCC2CCCO2)CCC1. The summed E-state index contributed by atoms with van der Waals surface area (Å²) in [4.78, 5) is 12.2. The molecule has 4 heteroatoms. The summed E-state index contributed by atoms with van der Waals surface area (Å²) < 4.78 is 10.7. The first kappa shape index (κ1) is 13.8. The third-order valence-corrected chi connectivity index (χ3v) is 4.35. The lowest BCUT2D eigenvalue weighted by atomic mass is 9.66. The molecule has 104 valence electrons. The van der Waals surface area contributed by atoms with E-state index >= 15 is 0 Å². The molecule has 1 atom stereocenters. The van der Waals surface area contributed by atoms with Crippen LogP contribution in [0.5, 0.6) is 0 Å². The van der Waals surface area contributed by atoms with Gasteiger partial charge in [-0.15, -0.1) is 0 Å². The van der Waals surface area contributed by atoms with Gasteiger partial charge in [-0.1, -0.05) is 6.42 Å². The van der Waals surface area contributed by atoms with Gasteiger partial charge in [-0.2, -0.15) is 0 Å². The monoisotopic (exact) mass is 255 g/mol. The lowest BCUT2D eigenvalue weighted by Gasteiger charge is -2.40. The van der Waals surface area contributed by atoms with Crippen LogP contribution in [0.2, 0.25) is 0 Å². The first-order valence-corrected chi connectivity index (χ1v) is 7.16. The highest BCUT2D eigenvalue weighted by atomic mass is 16.5. The van der Waals surface area contributed by atoms with Crippen molar-refractivity contribution in [2.24, 2.45) is 5.41 Å². The van der Waals surface area contributed by atoms with Crippen LogP contribution < -0.4 is 5.32 Å². The number of ether oxygens (including phenoxy) is 2. The molecule has 18 heavy (non-hydrogen) atoms. The van der Waals surface area contributed by atoms with Crippen molar-refractivity contribution in [3.8, 4) is 0 Å². The molecular weight excluding hydrogens is 230 g/mol. The lowest BCUT2D eigenvalue weighted by molar-refractivity contribution is -0.137. The molecular formula is C14H25NO3. The molecule has 1 saturated carbocycles. The molecule has 0 aromatic carbocycles. The largest absolute Gasteiger partial charge is 0.385 e. The Hall–Kier alpha value is -0.610. The molecule has 0 aromatic heterocycles. The minimum absolute atomic E-state index is 0.132. The number of rotatable bonds is 7. The van der Waals surface area contributed by atoms with Gasteiger partial charge in [-0.3, -0.25) is 4.79 Å². The molecule has 0 aromatic rings. The summed E-state index contributed by atoms with van der Waals surface area (Å²) in [5, 5.41) is 3.09. The number of carbonyl (C=O) groups is 1. The maximum absolute atomic E-state index is 12.2. The Balaban J connectivity index is 1.68. The van der Waals surface area contributed by atoms with E-state index in [-0.39, 0.29) is 11.3 Å². The molecule has 0 spiro atoms. The Kier molecular flexibility index (Phi) is 5.01. The zero-order valence-electron chi connectivity index (χ0n) is 11.4. The normalized spacial score (nSPS) is 25.7. The fourth-order valence-electron chi connectivity index (χ4n) is 2.90. The van der Waals surface area contributed by atoms with Gasteiger partial charge in [-0.25, -0.2) is 0 Å². The molecule has 1 aliphatic carbocycles. The first-order valence-electron chi connectivity index (χ1n) is 7.16. The van der Waals surface area contributed by atoms with Gasteiger partial charge in [0, 0.05) is 26.9 Å². The van der Waals surface area contributed by atoms with Gasteiger partial charge in [0.1, 0.15) is 0 Å². The Morgan fingerprint density at radius 1 is 1.44 bits per heavy atom. The molecule has 0 radical (unpaired) electrons. The number of methoxy groups -OCH3 is 1. The summed E-state index contributed by atoms with van der Waals surface area (Å²) in [7, 11) is 1.70. The second-order valence-electron chi connectivity index (χ2n) is 5.56. The van der Waals surface area contributed by atoms with Crippen LogP contribution in [0.15, 0.2) is 0 Å². The van der Waals surface area contributed by atoms with E-state index in [1.165, 1.54) is 6.42 Å². The minimum atomic E-state index is -0.132. The molecule has 4 nitrogen and oxygen atoms in total. The van der Waals surface area contributed by atoms with Crippen LogP contribution in [-0.2, 0) is 14.3 Å². The summed E-state index contributed by atoms with van der Waals surface area (Å²) in [6.07, 6.45) is 7.68. The number of carbonyl (C=O) groups excluding carboxylic acids is 1. The molecule has 0 bridgehead atoms. The molecule has 1 aliphatic heterocycles. The van der Waals surface area contributed by atoms with Gasteiger partial charge in [0.25, 0.3) is 0 Å². The van der Waals surface area contributed by atoms with Gasteiger partial charge in [0.05, 0.1) is 11.5 Å². The van der Waals surface area contributed by atoms with Gasteiger partial charge in [0.15, 0.2) is 0 Å². The van der Waals surface area contributed by atoms with E-state index in [1.54, 1.807) is 7.11 Å². The Bertz CT molecular complexity index is 270. The average Bonchev–Trinajstić information content (AvgIpc) is 2.81. The standard InChI is InChI=1S/C14H25NO3/c1-17-11-8-14(6-3-7-14)13(16)15-9-5-12-4-2-10-18-12/h12H,2-11H2,1H3,(H,15,16). The molecule has 1 saturated heterocycles. The van der Waals surface area contributed by atoms with Gasteiger partial charge in [0.2, 0.25) is 5.91 Å².